The van der Waals surface area contributed by atoms with Gasteiger partial charge >= 0.3 is 0 Å². The Labute approximate surface area is 197 Å². The first kappa shape index (κ1) is 23.1. The summed E-state index contributed by atoms with van der Waals surface area (Å²) in [5, 5.41) is 9.37. The second-order valence-electron chi connectivity index (χ2n) is 8.89. The third kappa shape index (κ3) is 6.01. The van der Waals surface area contributed by atoms with Crippen LogP contribution in [0, 0.1) is 11.7 Å². The predicted molar refractivity (Wildman–Crippen MR) is 127 cm³/mol. The summed E-state index contributed by atoms with van der Waals surface area (Å²) in [6, 6.07) is 7.87. The molecule has 8 heteroatoms. The number of anilines is 1. The molecule has 0 radical (unpaired) electrons. The van der Waals surface area contributed by atoms with Gasteiger partial charge in [-0.05, 0) is 62.4 Å². The molecule has 1 aromatic carbocycles. The standard InChI is InChI=1S/C24H29ClFN3O2S/c1-14(27-17-8-9-19(26)18(25)13-17)21-10-11-22(32-21)24(31)29-20(12-15-4-2-3-5-15)23(30)28-16-6-7-16/h8-11,13-16,20,27H,2-7,12H2,1H3,(H,28,30)(H,29,31)/t14-,20-/m0/s1. The minimum atomic E-state index is -0.492. The zero-order chi connectivity index (χ0) is 22.7. The molecule has 1 aromatic heterocycles. The highest BCUT2D eigenvalue weighted by Crippen LogP contribution is 2.30. The zero-order valence-corrected chi connectivity index (χ0v) is 19.7. The van der Waals surface area contributed by atoms with Crippen molar-refractivity contribution >= 4 is 40.4 Å². The monoisotopic (exact) mass is 477 g/mol. The second-order valence-corrected chi connectivity index (χ2v) is 10.4. The van der Waals surface area contributed by atoms with Gasteiger partial charge in [0.25, 0.3) is 5.91 Å². The molecule has 4 rings (SSSR count). The Hall–Kier alpha value is -2.12. The number of hydrogen-bond donors (Lipinski definition) is 3. The maximum Gasteiger partial charge on any atom is 0.262 e. The molecule has 2 amide bonds. The van der Waals surface area contributed by atoms with E-state index in [1.165, 1.54) is 30.2 Å². The predicted octanol–water partition coefficient (Wildman–Crippen LogP) is 5.67. The quantitative estimate of drug-likeness (QED) is 0.435. The van der Waals surface area contributed by atoms with E-state index in [0.717, 1.165) is 30.6 Å². The molecule has 172 valence electrons. The third-order valence-corrected chi connectivity index (χ3v) is 7.73. The summed E-state index contributed by atoms with van der Waals surface area (Å²) in [4.78, 5) is 27.2. The normalized spacial score (nSPS) is 18.2. The summed E-state index contributed by atoms with van der Waals surface area (Å²) in [7, 11) is 0. The van der Waals surface area contributed by atoms with Crippen LogP contribution in [0.25, 0.3) is 0 Å². The average molecular weight is 478 g/mol. The molecule has 0 spiro atoms. The Morgan fingerprint density at radius 3 is 2.59 bits per heavy atom. The topological polar surface area (TPSA) is 70.2 Å². The largest absolute Gasteiger partial charge is 0.378 e. The molecule has 2 aliphatic carbocycles. The third-order valence-electron chi connectivity index (χ3n) is 6.17. The van der Waals surface area contributed by atoms with E-state index in [1.807, 2.05) is 13.0 Å². The van der Waals surface area contributed by atoms with Gasteiger partial charge in [-0.15, -0.1) is 11.3 Å². The van der Waals surface area contributed by atoms with Crippen molar-refractivity contribution in [2.75, 3.05) is 5.32 Å². The highest BCUT2D eigenvalue weighted by Gasteiger charge is 2.31. The fourth-order valence-electron chi connectivity index (χ4n) is 4.18. The first-order valence-corrected chi connectivity index (χ1v) is 12.5. The summed E-state index contributed by atoms with van der Waals surface area (Å²) in [6.07, 6.45) is 7.40. The van der Waals surface area contributed by atoms with Gasteiger partial charge in [-0.1, -0.05) is 37.3 Å². The minimum Gasteiger partial charge on any atom is -0.378 e. The van der Waals surface area contributed by atoms with Gasteiger partial charge in [0, 0.05) is 16.6 Å². The molecular formula is C24H29ClFN3O2S. The average Bonchev–Trinajstić information content (AvgIpc) is 3.22. The lowest BCUT2D eigenvalue weighted by Gasteiger charge is -2.21. The smallest absolute Gasteiger partial charge is 0.262 e. The molecule has 0 unspecified atom stereocenters. The number of amides is 2. The van der Waals surface area contributed by atoms with Crippen LogP contribution in [-0.2, 0) is 4.79 Å². The maximum absolute atomic E-state index is 13.4. The molecule has 0 aliphatic heterocycles. The van der Waals surface area contributed by atoms with Crippen LogP contribution in [0.5, 0.6) is 0 Å². The number of thiophene rings is 1. The maximum atomic E-state index is 13.4. The van der Waals surface area contributed by atoms with Gasteiger partial charge < -0.3 is 16.0 Å². The lowest BCUT2D eigenvalue weighted by atomic mass is 9.97. The number of halogens is 2. The van der Waals surface area contributed by atoms with Crippen LogP contribution in [0.3, 0.4) is 0 Å². The highest BCUT2D eigenvalue weighted by atomic mass is 35.5. The summed E-state index contributed by atoms with van der Waals surface area (Å²) >= 11 is 7.25. The molecule has 3 N–H and O–H groups in total. The second kappa shape index (κ2) is 10.2. The molecule has 0 bridgehead atoms. The van der Waals surface area contributed by atoms with Crippen molar-refractivity contribution in [3.8, 4) is 0 Å². The molecule has 5 nitrogen and oxygen atoms in total. The van der Waals surface area contributed by atoms with E-state index in [2.05, 4.69) is 16.0 Å². The number of hydrogen-bond acceptors (Lipinski definition) is 4. The van der Waals surface area contributed by atoms with Crippen molar-refractivity contribution in [1.29, 1.82) is 0 Å². The number of rotatable bonds is 9. The fraction of sp³-hybridized carbons (Fsp3) is 0.500. The summed E-state index contributed by atoms with van der Waals surface area (Å²) in [5.41, 5.74) is 0.705. The molecule has 2 aliphatic rings. The van der Waals surface area contributed by atoms with Gasteiger partial charge in [-0.25, -0.2) is 4.39 Å². The number of benzene rings is 1. The molecular weight excluding hydrogens is 449 g/mol. The van der Waals surface area contributed by atoms with Crippen LogP contribution in [0.15, 0.2) is 30.3 Å². The van der Waals surface area contributed by atoms with Crippen molar-refractivity contribution in [2.45, 2.75) is 70.0 Å². The molecule has 0 saturated heterocycles. The van der Waals surface area contributed by atoms with Crippen molar-refractivity contribution in [3.05, 3.63) is 50.9 Å². The number of carbonyl (C=O) groups is 2. The molecule has 2 aromatic rings. The SMILES string of the molecule is C[C@H](Nc1ccc(F)c(Cl)c1)c1ccc(C(=O)N[C@@H](CC2CCCC2)C(=O)NC2CC2)s1. The van der Waals surface area contributed by atoms with E-state index in [1.54, 1.807) is 18.2 Å². The number of nitrogens with one attached hydrogen (secondary N) is 3. The Morgan fingerprint density at radius 2 is 1.91 bits per heavy atom. The van der Waals surface area contributed by atoms with Gasteiger partial charge in [0.15, 0.2) is 0 Å². The van der Waals surface area contributed by atoms with Crippen molar-refractivity contribution < 1.29 is 14.0 Å². The highest BCUT2D eigenvalue weighted by molar-refractivity contribution is 7.14. The first-order valence-electron chi connectivity index (χ1n) is 11.3. The fourth-order valence-corrected chi connectivity index (χ4v) is 5.28. The van der Waals surface area contributed by atoms with Crippen LogP contribution in [-0.4, -0.2) is 23.9 Å². The van der Waals surface area contributed by atoms with E-state index in [-0.39, 0.29) is 28.9 Å². The Bertz CT molecular complexity index is 972. The summed E-state index contributed by atoms with van der Waals surface area (Å²) in [6.45, 7) is 1.97. The van der Waals surface area contributed by atoms with Gasteiger partial charge in [-0.2, -0.15) is 0 Å². The zero-order valence-electron chi connectivity index (χ0n) is 18.1. The molecule has 2 saturated carbocycles. The van der Waals surface area contributed by atoms with Crippen LogP contribution in [0.1, 0.15) is 72.5 Å². The van der Waals surface area contributed by atoms with E-state index in [4.69, 9.17) is 11.6 Å². The van der Waals surface area contributed by atoms with Gasteiger partial charge in [-0.3, -0.25) is 9.59 Å². The van der Waals surface area contributed by atoms with E-state index in [9.17, 15) is 14.0 Å². The molecule has 2 atom stereocenters. The van der Waals surface area contributed by atoms with E-state index in [0.29, 0.717) is 22.9 Å². The van der Waals surface area contributed by atoms with Crippen molar-refractivity contribution in [3.63, 3.8) is 0 Å². The van der Waals surface area contributed by atoms with Crippen molar-refractivity contribution in [1.82, 2.24) is 10.6 Å². The Balaban J connectivity index is 1.39. The van der Waals surface area contributed by atoms with Crippen LogP contribution in [0.2, 0.25) is 5.02 Å². The van der Waals surface area contributed by atoms with Crippen LogP contribution < -0.4 is 16.0 Å². The van der Waals surface area contributed by atoms with Gasteiger partial charge in [0.05, 0.1) is 15.9 Å². The Morgan fingerprint density at radius 1 is 1.16 bits per heavy atom. The first-order chi connectivity index (χ1) is 15.4. The van der Waals surface area contributed by atoms with Gasteiger partial charge in [0.2, 0.25) is 5.91 Å². The summed E-state index contributed by atoms with van der Waals surface area (Å²) < 4.78 is 13.4. The Kier molecular flexibility index (Phi) is 7.36. The molecule has 1 heterocycles. The van der Waals surface area contributed by atoms with E-state index >= 15 is 0 Å². The number of carbonyl (C=O) groups excluding carboxylic acids is 2. The van der Waals surface area contributed by atoms with E-state index < -0.39 is 11.9 Å². The lowest BCUT2D eigenvalue weighted by Crippen LogP contribution is -2.48. The van der Waals surface area contributed by atoms with Crippen LogP contribution >= 0.6 is 22.9 Å². The van der Waals surface area contributed by atoms with Crippen LogP contribution in [0.4, 0.5) is 10.1 Å². The minimum absolute atomic E-state index is 0.0613. The molecule has 2 fully saturated rings. The summed E-state index contributed by atoms with van der Waals surface area (Å²) in [5.74, 6) is -0.242. The van der Waals surface area contributed by atoms with Crippen molar-refractivity contribution in [2.24, 2.45) is 5.92 Å². The van der Waals surface area contributed by atoms with Gasteiger partial charge in [0.1, 0.15) is 11.9 Å². The lowest BCUT2D eigenvalue weighted by molar-refractivity contribution is -0.123. The molecule has 32 heavy (non-hydrogen) atoms.